The highest BCUT2D eigenvalue weighted by atomic mass is 79.9. The number of aryl methyl sites for hydroxylation is 1. The maximum Gasteiger partial charge on any atom is 0.305 e. The van der Waals surface area contributed by atoms with Gasteiger partial charge >= 0.3 is 5.97 Å². The quantitative estimate of drug-likeness (QED) is 0.895. The molecule has 1 fully saturated rings. The molecule has 1 aromatic rings. The molecular weight excluding hydrogens is 308 g/mol. The third-order valence-corrected chi connectivity index (χ3v) is 4.32. The van der Waals surface area contributed by atoms with Crippen LogP contribution in [0.3, 0.4) is 0 Å². The Morgan fingerprint density at radius 1 is 1.58 bits per heavy atom. The Morgan fingerprint density at radius 2 is 2.37 bits per heavy atom. The summed E-state index contributed by atoms with van der Waals surface area (Å²) < 4.78 is 1.07. The van der Waals surface area contributed by atoms with E-state index in [1.54, 1.807) is 0 Å². The molecule has 104 valence electrons. The third kappa shape index (κ3) is 3.70. The Hall–Kier alpha value is -1.07. The Labute approximate surface area is 121 Å². The second-order valence-electron chi connectivity index (χ2n) is 4.94. The van der Waals surface area contributed by atoms with Gasteiger partial charge in [-0.2, -0.15) is 0 Å². The summed E-state index contributed by atoms with van der Waals surface area (Å²) in [6.45, 7) is 4.60. The molecule has 4 nitrogen and oxygen atoms in total. The van der Waals surface area contributed by atoms with Gasteiger partial charge in [0.25, 0.3) is 0 Å². The van der Waals surface area contributed by atoms with Crippen molar-refractivity contribution in [3.05, 3.63) is 28.2 Å². The van der Waals surface area contributed by atoms with Crippen LogP contribution in [-0.2, 0) is 4.79 Å². The fourth-order valence-corrected chi connectivity index (χ4v) is 2.79. The molecule has 0 aliphatic carbocycles. The van der Waals surface area contributed by atoms with E-state index in [9.17, 15) is 4.79 Å². The molecule has 2 N–H and O–H groups in total. The minimum atomic E-state index is -0.745. The number of rotatable bonds is 3. The summed E-state index contributed by atoms with van der Waals surface area (Å²) in [7, 11) is 0. The Bertz CT molecular complexity index is 465. The van der Waals surface area contributed by atoms with Crippen molar-refractivity contribution < 1.29 is 9.90 Å². The number of anilines is 1. The average Bonchev–Trinajstić information content (AvgIpc) is 2.57. The van der Waals surface area contributed by atoms with Crippen LogP contribution in [-0.4, -0.2) is 36.8 Å². The first-order chi connectivity index (χ1) is 9.08. The second kappa shape index (κ2) is 6.39. The van der Waals surface area contributed by atoms with Crippen LogP contribution in [0.15, 0.2) is 22.7 Å². The van der Waals surface area contributed by atoms with Gasteiger partial charge in [-0.1, -0.05) is 22.0 Å². The maximum atomic E-state index is 11.0. The van der Waals surface area contributed by atoms with E-state index in [1.165, 1.54) is 5.56 Å². The molecule has 0 spiro atoms. The van der Waals surface area contributed by atoms with Crippen molar-refractivity contribution in [2.24, 2.45) is 0 Å². The molecule has 0 aromatic heterocycles. The SMILES string of the molecule is Cc1ccc(N2CCCNCC2CC(=O)O)cc1Br. The summed E-state index contributed by atoms with van der Waals surface area (Å²) >= 11 is 3.54. The van der Waals surface area contributed by atoms with Crippen LogP contribution in [0.25, 0.3) is 0 Å². The summed E-state index contributed by atoms with van der Waals surface area (Å²) in [5.41, 5.74) is 2.28. The van der Waals surface area contributed by atoms with E-state index < -0.39 is 5.97 Å². The molecule has 1 saturated heterocycles. The number of aliphatic carboxylic acids is 1. The predicted molar refractivity (Wildman–Crippen MR) is 79.8 cm³/mol. The molecule has 0 radical (unpaired) electrons. The fraction of sp³-hybridized carbons (Fsp3) is 0.500. The minimum Gasteiger partial charge on any atom is -0.481 e. The highest BCUT2D eigenvalue weighted by molar-refractivity contribution is 9.10. The van der Waals surface area contributed by atoms with E-state index in [0.717, 1.165) is 36.2 Å². The van der Waals surface area contributed by atoms with E-state index in [-0.39, 0.29) is 12.5 Å². The molecule has 5 heteroatoms. The maximum absolute atomic E-state index is 11.0. The third-order valence-electron chi connectivity index (χ3n) is 3.47. The molecule has 19 heavy (non-hydrogen) atoms. The number of nitrogens with one attached hydrogen (secondary N) is 1. The standard InChI is InChI=1S/C14H19BrN2O2/c1-10-3-4-11(7-13(10)15)17-6-2-5-16-9-12(17)8-14(18)19/h3-4,7,12,16H,2,5-6,8-9H2,1H3,(H,18,19). The number of benzene rings is 1. The topological polar surface area (TPSA) is 52.6 Å². The molecule has 0 bridgehead atoms. The van der Waals surface area contributed by atoms with E-state index >= 15 is 0 Å². The number of hydrogen-bond donors (Lipinski definition) is 2. The van der Waals surface area contributed by atoms with Gasteiger partial charge in [-0.05, 0) is 37.6 Å². The number of carbonyl (C=O) groups is 1. The Kier molecular flexibility index (Phi) is 4.82. The van der Waals surface area contributed by atoms with Gasteiger partial charge in [-0.3, -0.25) is 4.79 Å². The zero-order valence-electron chi connectivity index (χ0n) is 11.0. The molecule has 1 aliphatic rings. The first kappa shape index (κ1) is 14.3. The number of carboxylic acid groups (broad SMARTS) is 1. The summed E-state index contributed by atoms with van der Waals surface area (Å²) in [5.74, 6) is -0.745. The largest absolute Gasteiger partial charge is 0.481 e. The average molecular weight is 327 g/mol. The molecular formula is C14H19BrN2O2. The lowest BCUT2D eigenvalue weighted by molar-refractivity contribution is -0.137. The summed E-state index contributed by atoms with van der Waals surface area (Å²) in [4.78, 5) is 13.2. The van der Waals surface area contributed by atoms with E-state index in [2.05, 4.69) is 44.3 Å². The Balaban J connectivity index is 2.25. The van der Waals surface area contributed by atoms with Gasteiger partial charge in [0.05, 0.1) is 12.5 Å². The lowest BCUT2D eigenvalue weighted by Gasteiger charge is -2.31. The Morgan fingerprint density at radius 3 is 3.05 bits per heavy atom. The molecule has 1 aromatic carbocycles. The van der Waals surface area contributed by atoms with Crippen LogP contribution in [0, 0.1) is 6.92 Å². The van der Waals surface area contributed by atoms with Gasteiger partial charge in [-0.15, -0.1) is 0 Å². The highest BCUT2D eigenvalue weighted by Crippen LogP contribution is 2.26. The second-order valence-corrected chi connectivity index (χ2v) is 5.79. The van der Waals surface area contributed by atoms with Crippen LogP contribution >= 0.6 is 15.9 Å². The normalized spacial score (nSPS) is 20.1. The monoisotopic (exact) mass is 326 g/mol. The van der Waals surface area contributed by atoms with Crippen molar-refractivity contribution in [3.8, 4) is 0 Å². The van der Waals surface area contributed by atoms with E-state index in [0.29, 0.717) is 0 Å². The van der Waals surface area contributed by atoms with Gasteiger partial charge < -0.3 is 15.3 Å². The molecule has 1 heterocycles. The van der Waals surface area contributed by atoms with Crippen LogP contribution in [0.2, 0.25) is 0 Å². The van der Waals surface area contributed by atoms with Gasteiger partial charge in [-0.25, -0.2) is 0 Å². The van der Waals surface area contributed by atoms with Crippen LogP contribution in [0.5, 0.6) is 0 Å². The predicted octanol–water partition coefficient (Wildman–Crippen LogP) is 2.40. The van der Waals surface area contributed by atoms with Crippen molar-refractivity contribution in [1.29, 1.82) is 0 Å². The smallest absolute Gasteiger partial charge is 0.305 e. The van der Waals surface area contributed by atoms with Crippen molar-refractivity contribution in [1.82, 2.24) is 5.32 Å². The molecule has 0 saturated carbocycles. The molecule has 1 aliphatic heterocycles. The molecule has 1 unspecified atom stereocenters. The van der Waals surface area contributed by atoms with Gasteiger partial charge in [0.1, 0.15) is 0 Å². The van der Waals surface area contributed by atoms with Gasteiger partial charge in [0, 0.05) is 23.2 Å². The van der Waals surface area contributed by atoms with Crippen molar-refractivity contribution >= 4 is 27.6 Å². The van der Waals surface area contributed by atoms with Crippen LogP contribution < -0.4 is 10.2 Å². The van der Waals surface area contributed by atoms with Crippen molar-refractivity contribution in [2.45, 2.75) is 25.8 Å². The van der Waals surface area contributed by atoms with Gasteiger partial charge in [0.2, 0.25) is 0 Å². The van der Waals surface area contributed by atoms with Gasteiger partial charge in [0.15, 0.2) is 0 Å². The first-order valence-corrected chi connectivity index (χ1v) is 7.32. The summed E-state index contributed by atoms with van der Waals surface area (Å²) in [6.07, 6.45) is 1.19. The molecule has 1 atom stereocenters. The highest BCUT2D eigenvalue weighted by Gasteiger charge is 2.23. The number of hydrogen-bond acceptors (Lipinski definition) is 3. The zero-order chi connectivity index (χ0) is 13.8. The van der Waals surface area contributed by atoms with Crippen LogP contribution in [0.1, 0.15) is 18.4 Å². The molecule has 2 rings (SSSR count). The zero-order valence-corrected chi connectivity index (χ0v) is 12.6. The first-order valence-electron chi connectivity index (χ1n) is 6.53. The number of nitrogens with zero attached hydrogens (tertiary/aromatic N) is 1. The van der Waals surface area contributed by atoms with E-state index in [1.807, 2.05) is 6.92 Å². The summed E-state index contributed by atoms with van der Waals surface area (Å²) in [5, 5.41) is 12.4. The van der Waals surface area contributed by atoms with Crippen molar-refractivity contribution in [2.75, 3.05) is 24.5 Å². The fourth-order valence-electron chi connectivity index (χ4n) is 2.42. The van der Waals surface area contributed by atoms with Crippen LogP contribution in [0.4, 0.5) is 5.69 Å². The lowest BCUT2D eigenvalue weighted by atomic mass is 10.1. The minimum absolute atomic E-state index is 0.00889. The number of carboxylic acids is 1. The van der Waals surface area contributed by atoms with Crippen molar-refractivity contribution in [3.63, 3.8) is 0 Å². The summed E-state index contributed by atoms with van der Waals surface area (Å²) in [6, 6.07) is 6.22. The number of halogens is 1. The lowest BCUT2D eigenvalue weighted by Crippen LogP contribution is -2.41. The van der Waals surface area contributed by atoms with E-state index in [4.69, 9.17) is 5.11 Å². The molecule has 0 amide bonds.